The van der Waals surface area contributed by atoms with Crippen molar-refractivity contribution >= 4 is 43.6 Å². The van der Waals surface area contributed by atoms with Crippen molar-refractivity contribution in [3.05, 3.63) is 144 Å². The van der Waals surface area contributed by atoms with E-state index in [1.165, 1.54) is 51.6 Å². The molecule has 0 bridgehead atoms. The molecule has 0 N–H and O–H groups in total. The van der Waals surface area contributed by atoms with E-state index in [9.17, 15) is 44.8 Å². The number of aromatic nitrogens is 2. The summed E-state index contributed by atoms with van der Waals surface area (Å²) in [7, 11) is 0. The van der Waals surface area contributed by atoms with Gasteiger partial charge in [0.25, 0.3) is 0 Å². The summed E-state index contributed by atoms with van der Waals surface area (Å²) in [5, 5.41) is 12.4. The molecule has 0 fully saturated rings. The lowest BCUT2D eigenvalue weighted by atomic mass is 9.95. The van der Waals surface area contributed by atoms with Crippen LogP contribution < -0.4 is 0 Å². The van der Waals surface area contributed by atoms with E-state index in [1.807, 2.05) is 0 Å². The van der Waals surface area contributed by atoms with Crippen LogP contribution in [0.5, 0.6) is 0 Å². The zero-order valence-electron chi connectivity index (χ0n) is 26.3. The average molecular weight is 714 g/mol. The van der Waals surface area contributed by atoms with Crippen molar-refractivity contribution in [2.24, 2.45) is 0 Å². The lowest BCUT2D eigenvalue weighted by molar-refractivity contribution is -0.138. The van der Waals surface area contributed by atoms with Crippen molar-refractivity contribution < 1.29 is 39.5 Å². The first-order valence-electron chi connectivity index (χ1n) is 15.6. The van der Waals surface area contributed by atoms with Gasteiger partial charge in [0.2, 0.25) is 0 Å². The fourth-order valence-electron chi connectivity index (χ4n) is 7.03. The molecule has 0 amide bonds. The molecular weight excluding hydrogens is 693 g/mol. The van der Waals surface area contributed by atoms with Crippen molar-refractivity contribution in [2.75, 3.05) is 0 Å². The van der Waals surface area contributed by atoms with Gasteiger partial charge in [0.05, 0.1) is 55.7 Å². The number of halogens is 9. The fraction of sp³-hybridized carbons (Fsp3) is 0.0750. The molecule has 3 nitrogen and oxygen atoms in total. The summed E-state index contributed by atoms with van der Waals surface area (Å²) in [5.41, 5.74) is -2.95. The largest absolute Gasteiger partial charge is 0.417 e. The Hall–Kier alpha value is -6.22. The van der Waals surface area contributed by atoms with Gasteiger partial charge < -0.3 is 9.13 Å². The first-order valence-corrected chi connectivity index (χ1v) is 15.6. The third kappa shape index (κ3) is 5.15. The Morgan fingerprint density at radius 1 is 0.423 bits per heavy atom. The molecule has 0 radical (unpaired) electrons. The Labute approximate surface area is 288 Å². The van der Waals surface area contributed by atoms with E-state index in [1.54, 1.807) is 48.5 Å². The minimum atomic E-state index is -4.89. The average Bonchev–Trinajstić information content (AvgIpc) is 3.62. The topological polar surface area (TPSA) is 33.6 Å². The van der Waals surface area contributed by atoms with Crippen LogP contribution in [0, 0.1) is 11.3 Å². The van der Waals surface area contributed by atoms with Gasteiger partial charge in [-0.2, -0.15) is 44.8 Å². The zero-order valence-corrected chi connectivity index (χ0v) is 26.3. The second-order valence-corrected chi connectivity index (χ2v) is 12.2. The Morgan fingerprint density at radius 2 is 0.885 bits per heavy atom. The van der Waals surface area contributed by atoms with E-state index in [2.05, 4.69) is 6.07 Å². The smallest absolute Gasteiger partial charge is 0.309 e. The van der Waals surface area contributed by atoms with Crippen molar-refractivity contribution in [1.29, 1.82) is 5.26 Å². The molecule has 2 aromatic heterocycles. The molecule has 0 unspecified atom stereocenters. The number of para-hydroxylation sites is 2. The van der Waals surface area contributed by atoms with E-state index in [0.29, 0.717) is 32.6 Å². The highest BCUT2D eigenvalue weighted by atomic mass is 19.4. The number of nitrogens with zero attached hydrogens (tertiary/aromatic N) is 3. The maximum atomic E-state index is 14.7. The number of alkyl halides is 9. The second kappa shape index (κ2) is 11.4. The van der Waals surface area contributed by atoms with Crippen LogP contribution in [0.2, 0.25) is 0 Å². The van der Waals surface area contributed by atoms with Crippen LogP contribution in [0.25, 0.3) is 66.1 Å². The molecule has 0 saturated heterocycles. The molecule has 12 heteroatoms. The van der Waals surface area contributed by atoms with Crippen LogP contribution in [0.4, 0.5) is 39.5 Å². The normalized spacial score (nSPS) is 12.7. The Kier molecular flexibility index (Phi) is 7.22. The summed E-state index contributed by atoms with van der Waals surface area (Å²) < 4.78 is 131. The minimum Gasteiger partial charge on any atom is -0.309 e. The highest BCUT2D eigenvalue weighted by molar-refractivity contribution is 6.11. The molecule has 8 rings (SSSR count). The fourth-order valence-corrected chi connectivity index (χ4v) is 7.03. The van der Waals surface area contributed by atoms with Crippen LogP contribution in [-0.4, -0.2) is 9.13 Å². The number of fused-ring (bicyclic) bond motifs is 6. The van der Waals surface area contributed by atoms with E-state index in [-0.39, 0.29) is 39.1 Å². The van der Waals surface area contributed by atoms with Crippen LogP contribution in [0.1, 0.15) is 22.3 Å². The molecular formula is C40H20F9N3. The van der Waals surface area contributed by atoms with Crippen LogP contribution in [-0.2, 0) is 18.5 Å². The van der Waals surface area contributed by atoms with Gasteiger partial charge in [-0.3, -0.25) is 0 Å². The number of hydrogen-bond donors (Lipinski definition) is 0. The van der Waals surface area contributed by atoms with Crippen molar-refractivity contribution in [3.8, 4) is 28.6 Å². The molecule has 0 atom stereocenters. The quantitative estimate of drug-likeness (QED) is 0.168. The highest BCUT2D eigenvalue weighted by Crippen LogP contribution is 2.45. The van der Waals surface area contributed by atoms with Gasteiger partial charge in [-0.25, -0.2) is 0 Å². The van der Waals surface area contributed by atoms with Gasteiger partial charge in [0.1, 0.15) is 6.07 Å². The van der Waals surface area contributed by atoms with Gasteiger partial charge in [0.15, 0.2) is 0 Å². The molecule has 8 aromatic rings. The molecule has 0 aliphatic heterocycles. The van der Waals surface area contributed by atoms with Gasteiger partial charge >= 0.3 is 18.5 Å². The van der Waals surface area contributed by atoms with Crippen molar-refractivity contribution in [1.82, 2.24) is 9.13 Å². The molecule has 2 heterocycles. The minimum absolute atomic E-state index is 0.0186. The van der Waals surface area contributed by atoms with Gasteiger partial charge in [-0.15, -0.1) is 0 Å². The molecule has 6 aromatic carbocycles. The molecule has 0 spiro atoms. The first kappa shape index (κ1) is 33.0. The predicted molar refractivity (Wildman–Crippen MR) is 180 cm³/mol. The molecule has 0 saturated carbocycles. The first-order chi connectivity index (χ1) is 24.7. The second-order valence-electron chi connectivity index (χ2n) is 12.2. The maximum Gasteiger partial charge on any atom is 0.417 e. The summed E-state index contributed by atoms with van der Waals surface area (Å²) in [5.74, 6) is 0. The molecule has 258 valence electrons. The summed E-state index contributed by atoms with van der Waals surface area (Å²) in [6, 6.07) is 28.7. The maximum absolute atomic E-state index is 14.7. The van der Waals surface area contributed by atoms with E-state index in [4.69, 9.17) is 0 Å². The number of hydrogen-bond acceptors (Lipinski definition) is 1. The lowest BCUT2D eigenvalue weighted by Gasteiger charge is -2.21. The van der Waals surface area contributed by atoms with E-state index >= 15 is 0 Å². The van der Waals surface area contributed by atoms with E-state index < -0.39 is 35.2 Å². The number of rotatable bonds is 3. The van der Waals surface area contributed by atoms with Crippen molar-refractivity contribution in [3.63, 3.8) is 0 Å². The monoisotopic (exact) mass is 713 g/mol. The third-order valence-corrected chi connectivity index (χ3v) is 9.24. The highest BCUT2D eigenvalue weighted by Gasteiger charge is 2.36. The number of benzene rings is 6. The summed E-state index contributed by atoms with van der Waals surface area (Å²) in [6.07, 6.45) is -14.4. The standard InChI is InChI=1S/C40H20F9N3/c41-38(42,43)23-13-15-28-26-8-2-5-11-32(26)51(36(28)18-23)34-20-30(25-7-1-4-10-31(25)40(47,48)49)35(17-22(34)21-50)52-33-12-6-3-9-27(33)29-16-14-24(19-37(29)52)39(44,45)46/h1-20H. The van der Waals surface area contributed by atoms with Crippen molar-refractivity contribution in [2.45, 2.75) is 18.5 Å². The third-order valence-electron chi connectivity index (χ3n) is 9.24. The lowest BCUT2D eigenvalue weighted by Crippen LogP contribution is -2.10. The Morgan fingerprint density at radius 3 is 1.38 bits per heavy atom. The molecule has 0 aliphatic rings. The number of nitriles is 1. The Bertz CT molecular complexity index is 2770. The predicted octanol–water partition coefficient (Wildman–Crippen LogP) is 12.5. The van der Waals surface area contributed by atoms with Crippen LogP contribution in [0.15, 0.2) is 121 Å². The molecule has 0 aliphatic carbocycles. The van der Waals surface area contributed by atoms with Gasteiger partial charge in [0, 0.05) is 27.1 Å². The van der Waals surface area contributed by atoms with Crippen LogP contribution in [0.3, 0.4) is 0 Å². The van der Waals surface area contributed by atoms with Gasteiger partial charge in [-0.1, -0.05) is 66.7 Å². The summed E-state index contributed by atoms with van der Waals surface area (Å²) >= 11 is 0. The zero-order chi connectivity index (χ0) is 36.7. The molecule has 52 heavy (non-hydrogen) atoms. The summed E-state index contributed by atoms with van der Waals surface area (Å²) in [4.78, 5) is 0. The SMILES string of the molecule is N#Cc1cc(-n2c3ccccc3c3ccc(C(F)(F)F)cc32)c(-c2ccccc2C(F)(F)F)cc1-n1c2ccccc2c2ccc(C(F)(F)F)cc21. The van der Waals surface area contributed by atoms with Crippen LogP contribution >= 0.6 is 0 Å². The Balaban J connectivity index is 1.56. The van der Waals surface area contributed by atoms with E-state index in [0.717, 1.165) is 30.3 Å². The summed E-state index contributed by atoms with van der Waals surface area (Å²) in [6.45, 7) is 0. The van der Waals surface area contributed by atoms with Gasteiger partial charge in [-0.05, 0) is 60.2 Å².